The van der Waals surface area contributed by atoms with E-state index in [1.807, 2.05) is 6.08 Å². The Hall–Kier alpha value is -0.422. The Bertz CT molecular complexity index is 272. The first-order valence-electron chi connectivity index (χ1n) is 3.57. The number of carbonyl (C=O) groups excluding carboxylic acids is 1. The average molecular weight is 345 g/mol. The summed E-state index contributed by atoms with van der Waals surface area (Å²) in [5.41, 5.74) is 0. The summed E-state index contributed by atoms with van der Waals surface area (Å²) in [4.78, 5) is 11.5. The zero-order valence-corrected chi connectivity index (χ0v) is 9.72. The minimum atomic E-state index is -2.27. The molecule has 0 radical (unpaired) electrons. The zero-order chi connectivity index (χ0) is 9.19. The van der Waals surface area contributed by atoms with Gasteiger partial charge in [-0.25, -0.2) is 0 Å². The molecule has 0 bridgehead atoms. The second-order valence-corrected chi connectivity index (χ2v) is 12.7. The number of hydrogen-bond donors (Lipinski definition) is 0. The summed E-state index contributed by atoms with van der Waals surface area (Å²) in [7, 11) is 0. The summed E-state index contributed by atoms with van der Waals surface area (Å²) in [6, 6.07) is 0. The van der Waals surface area contributed by atoms with Crippen molar-refractivity contribution in [2.24, 2.45) is 0 Å². The summed E-state index contributed by atoms with van der Waals surface area (Å²) >= 11 is -2.27. The predicted octanol–water partition coefficient (Wildman–Crippen LogP) is 2.79. The molecule has 0 N–H and O–H groups in total. The molecule has 1 rings (SSSR count). The summed E-state index contributed by atoms with van der Waals surface area (Å²) < 4.78 is 1.63. The quantitative estimate of drug-likeness (QED) is 0.719. The van der Waals surface area contributed by atoms with E-state index in [1.165, 1.54) is 10.0 Å². The molecule has 1 nitrogen and oxygen atoms in total. The topological polar surface area (TPSA) is 17.1 Å². The number of hydrogen-bond acceptors (Lipinski definition) is 1. The van der Waals surface area contributed by atoms with Crippen LogP contribution in [0.15, 0.2) is 34.8 Å². The van der Waals surface area contributed by atoms with Crippen molar-refractivity contribution in [1.82, 2.24) is 0 Å². The Kier molecular flexibility index (Phi) is 2.84. The van der Waals surface area contributed by atoms with Gasteiger partial charge in [-0.3, -0.25) is 0 Å². The SMILES string of the molecule is C=C[C](=O)[Pt]([CH3])([CH3])[C]1=CC=CC1. The second-order valence-electron chi connectivity index (χ2n) is 2.71. The molecular weight excluding hydrogens is 331 g/mol. The zero-order valence-electron chi connectivity index (χ0n) is 7.45. The molecule has 1 aliphatic rings. The first-order valence-corrected chi connectivity index (χ1v) is 10.4. The van der Waals surface area contributed by atoms with Crippen LogP contribution >= 0.6 is 0 Å². The van der Waals surface area contributed by atoms with Crippen molar-refractivity contribution in [2.75, 3.05) is 0 Å². The van der Waals surface area contributed by atoms with Gasteiger partial charge in [0.15, 0.2) is 0 Å². The van der Waals surface area contributed by atoms with Gasteiger partial charge in [0, 0.05) is 0 Å². The van der Waals surface area contributed by atoms with Crippen LogP contribution in [0.5, 0.6) is 0 Å². The van der Waals surface area contributed by atoms with E-state index in [9.17, 15) is 4.79 Å². The fourth-order valence-electron chi connectivity index (χ4n) is 0.962. The van der Waals surface area contributed by atoms with Gasteiger partial charge >= 0.3 is 76.9 Å². The first kappa shape index (κ1) is 9.66. The molecule has 0 aromatic heterocycles. The average Bonchev–Trinajstić information content (AvgIpc) is 2.55. The molecule has 0 amide bonds. The first-order chi connectivity index (χ1) is 5.59. The second kappa shape index (κ2) is 3.53. The summed E-state index contributed by atoms with van der Waals surface area (Å²) in [6.45, 7) is 3.55. The van der Waals surface area contributed by atoms with Crippen LogP contribution in [0.25, 0.3) is 0 Å². The minimum absolute atomic E-state index is 0.275. The molecule has 0 fully saturated rings. The van der Waals surface area contributed by atoms with E-state index in [-0.39, 0.29) is 4.17 Å². The molecule has 2 heteroatoms. The van der Waals surface area contributed by atoms with E-state index in [0.29, 0.717) is 0 Å². The van der Waals surface area contributed by atoms with Gasteiger partial charge in [-0.05, 0) is 0 Å². The van der Waals surface area contributed by atoms with Gasteiger partial charge in [-0.15, -0.1) is 0 Å². The molecule has 0 spiro atoms. The summed E-state index contributed by atoms with van der Waals surface area (Å²) in [6.07, 6.45) is 8.70. The van der Waals surface area contributed by atoms with E-state index in [1.54, 1.807) is 0 Å². The van der Waals surface area contributed by atoms with Crippen molar-refractivity contribution < 1.29 is 20.9 Å². The van der Waals surface area contributed by atoms with Gasteiger partial charge in [0.25, 0.3) is 0 Å². The number of carbonyl (C=O) groups is 1. The molecule has 0 aromatic rings. The fraction of sp³-hybridized carbons (Fsp3) is 0.300. The van der Waals surface area contributed by atoms with Gasteiger partial charge in [0.1, 0.15) is 0 Å². The van der Waals surface area contributed by atoms with Gasteiger partial charge in [-0.2, -0.15) is 0 Å². The molecule has 0 saturated carbocycles. The molecule has 0 atom stereocenters. The van der Waals surface area contributed by atoms with Crippen molar-refractivity contribution >= 4 is 4.17 Å². The van der Waals surface area contributed by atoms with E-state index in [4.69, 9.17) is 0 Å². The summed E-state index contributed by atoms with van der Waals surface area (Å²) in [5.74, 6) is 0. The van der Waals surface area contributed by atoms with Crippen molar-refractivity contribution in [2.45, 2.75) is 17.0 Å². The number of rotatable bonds is 3. The Morgan fingerprint density at radius 3 is 2.75 bits per heavy atom. The molecule has 0 aliphatic heterocycles. The van der Waals surface area contributed by atoms with Crippen LogP contribution < -0.4 is 0 Å². The molecule has 0 aromatic carbocycles. The number of allylic oxidation sites excluding steroid dienone is 5. The fourth-order valence-corrected chi connectivity index (χ4v) is 5.43. The Morgan fingerprint density at radius 2 is 2.33 bits per heavy atom. The van der Waals surface area contributed by atoms with E-state index in [0.717, 1.165) is 6.42 Å². The molecule has 1 aliphatic carbocycles. The molecule has 12 heavy (non-hydrogen) atoms. The maximum atomic E-state index is 11.5. The summed E-state index contributed by atoms with van der Waals surface area (Å²) in [5, 5.41) is 4.24. The van der Waals surface area contributed by atoms with Crippen LogP contribution in [0.1, 0.15) is 6.42 Å². The Labute approximate surface area is 77.1 Å². The molecule has 0 unspecified atom stereocenters. The maximum absolute atomic E-state index is 11.5. The third kappa shape index (κ3) is 1.66. The van der Waals surface area contributed by atoms with Crippen LogP contribution in [0.2, 0.25) is 10.6 Å². The van der Waals surface area contributed by atoms with Crippen LogP contribution in [0.3, 0.4) is 0 Å². The van der Waals surface area contributed by atoms with Crippen molar-refractivity contribution in [1.29, 1.82) is 0 Å². The van der Waals surface area contributed by atoms with Gasteiger partial charge in [0.2, 0.25) is 0 Å². The van der Waals surface area contributed by atoms with E-state index in [2.05, 4.69) is 29.4 Å². The third-order valence-electron chi connectivity index (χ3n) is 1.75. The van der Waals surface area contributed by atoms with Crippen molar-refractivity contribution in [3.63, 3.8) is 0 Å². The Morgan fingerprint density at radius 1 is 1.67 bits per heavy atom. The Balaban J connectivity index is 2.85. The van der Waals surface area contributed by atoms with Crippen molar-refractivity contribution in [3.8, 4) is 0 Å². The van der Waals surface area contributed by atoms with Crippen LogP contribution in [-0.4, -0.2) is 4.17 Å². The van der Waals surface area contributed by atoms with Crippen LogP contribution in [-0.2, 0) is 20.9 Å². The van der Waals surface area contributed by atoms with Crippen LogP contribution in [0, 0.1) is 0 Å². The molecule has 70 valence electrons. The van der Waals surface area contributed by atoms with Crippen molar-refractivity contribution in [3.05, 3.63) is 34.8 Å². The monoisotopic (exact) mass is 345 g/mol. The van der Waals surface area contributed by atoms with E-state index >= 15 is 0 Å². The molecule has 0 heterocycles. The third-order valence-corrected chi connectivity index (χ3v) is 9.50. The van der Waals surface area contributed by atoms with Gasteiger partial charge in [0.05, 0.1) is 0 Å². The van der Waals surface area contributed by atoms with E-state index < -0.39 is 16.1 Å². The normalized spacial score (nSPS) is 17.3. The molecular formula is C10H14OPt. The molecule has 0 saturated heterocycles. The predicted molar refractivity (Wildman–Crippen MR) is 48.8 cm³/mol. The van der Waals surface area contributed by atoms with Gasteiger partial charge < -0.3 is 0 Å². The van der Waals surface area contributed by atoms with Crippen LogP contribution in [0.4, 0.5) is 0 Å². The van der Waals surface area contributed by atoms with Gasteiger partial charge in [-0.1, -0.05) is 0 Å². The standard InChI is InChI=1S/C5H5.C3H3O.2CH3.Pt/c1-2-4-5-3-1;1-2-3-4;;;/h1-3H,4H2;2H,1H2;2*1H3;.